The number of esters is 1. The fourth-order valence-electron chi connectivity index (χ4n) is 2.17. The van der Waals surface area contributed by atoms with Crippen molar-refractivity contribution in [3.63, 3.8) is 0 Å². The van der Waals surface area contributed by atoms with E-state index >= 15 is 0 Å². The van der Waals surface area contributed by atoms with Crippen LogP contribution in [0.1, 0.15) is 17.2 Å². The number of carbonyl (C=O) groups excluding carboxylic acids is 1. The number of carboxylic acids is 1. The highest BCUT2D eigenvalue weighted by molar-refractivity contribution is 8.76. The highest BCUT2D eigenvalue weighted by Gasteiger charge is 2.23. The maximum Gasteiger partial charge on any atom is 0.324 e. The molecule has 2 rings (SSSR count). The monoisotopic (exact) mass is 406 g/mol. The molecule has 0 fully saturated rings. The Morgan fingerprint density at radius 3 is 1.74 bits per heavy atom. The number of rotatable bonds is 10. The molecule has 27 heavy (non-hydrogen) atoms. The van der Waals surface area contributed by atoms with Crippen molar-refractivity contribution in [2.24, 2.45) is 11.5 Å². The lowest BCUT2D eigenvalue weighted by Gasteiger charge is -2.21. The summed E-state index contributed by atoms with van der Waals surface area (Å²) >= 11 is 0. The molecule has 2 aromatic carbocycles. The Bertz CT molecular complexity index is 692. The van der Waals surface area contributed by atoms with Gasteiger partial charge >= 0.3 is 11.9 Å². The lowest BCUT2D eigenvalue weighted by Crippen LogP contribution is -2.35. The van der Waals surface area contributed by atoms with Gasteiger partial charge in [-0.15, -0.1) is 0 Å². The first kappa shape index (κ1) is 21.3. The van der Waals surface area contributed by atoms with E-state index in [1.807, 2.05) is 60.7 Å². The number of hydrogen-bond donors (Lipinski definition) is 3. The second-order valence-corrected chi connectivity index (χ2v) is 8.31. The Balaban J connectivity index is 1.94. The number of benzene rings is 2. The van der Waals surface area contributed by atoms with E-state index < -0.39 is 30.1 Å². The number of ether oxygens (including phenoxy) is 1. The number of aliphatic carboxylic acids is 1. The molecule has 6 nitrogen and oxygen atoms in total. The van der Waals surface area contributed by atoms with E-state index in [4.69, 9.17) is 21.3 Å². The minimum atomic E-state index is -1.06. The molecular weight excluding hydrogens is 384 g/mol. The summed E-state index contributed by atoms with van der Waals surface area (Å²) in [6.07, 6.45) is -0.538. The third-order valence-electron chi connectivity index (χ3n) is 3.64. The van der Waals surface area contributed by atoms with E-state index in [0.29, 0.717) is 5.75 Å². The summed E-state index contributed by atoms with van der Waals surface area (Å²) in [5, 5.41) is 8.75. The molecular formula is C19H22N2O4S2. The van der Waals surface area contributed by atoms with E-state index in [1.54, 1.807) is 0 Å². The van der Waals surface area contributed by atoms with Gasteiger partial charge in [0.15, 0.2) is 6.10 Å². The molecule has 2 unspecified atom stereocenters. The fraction of sp³-hybridized carbons (Fsp3) is 0.263. The van der Waals surface area contributed by atoms with Gasteiger partial charge in [0.05, 0.1) is 0 Å². The van der Waals surface area contributed by atoms with Gasteiger partial charge in [0, 0.05) is 11.5 Å². The summed E-state index contributed by atoms with van der Waals surface area (Å²) in [5.41, 5.74) is 13.1. The van der Waals surface area contributed by atoms with Crippen LogP contribution in [0.25, 0.3) is 0 Å². The molecule has 144 valence electrons. The molecule has 8 heteroatoms. The molecule has 0 aromatic heterocycles. The van der Waals surface area contributed by atoms with Gasteiger partial charge in [0.25, 0.3) is 0 Å². The molecule has 0 heterocycles. The van der Waals surface area contributed by atoms with Crippen LogP contribution in [-0.2, 0) is 14.3 Å². The maximum atomic E-state index is 12.4. The molecule has 0 aliphatic rings. The Morgan fingerprint density at radius 1 is 0.852 bits per heavy atom. The van der Waals surface area contributed by atoms with Crippen LogP contribution in [0.3, 0.4) is 0 Å². The summed E-state index contributed by atoms with van der Waals surface area (Å²) in [6.45, 7) is 0. The first-order valence-electron chi connectivity index (χ1n) is 8.27. The van der Waals surface area contributed by atoms with Gasteiger partial charge in [-0.1, -0.05) is 82.3 Å². The topological polar surface area (TPSA) is 116 Å². The zero-order valence-corrected chi connectivity index (χ0v) is 16.2. The molecule has 2 aromatic rings. The number of carbonyl (C=O) groups is 2. The molecule has 0 amide bonds. The van der Waals surface area contributed by atoms with E-state index in [1.165, 1.54) is 21.6 Å². The van der Waals surface area contributed by atoms with Crippen molar-refractivity contribution in [3.8, 4) is 0 Å². The average molecular weight is 407 g/mol. The van der Waals surface area contributed by atoms with E-state index in [0.717, 1.165) is 11.1 Å². The van der Waals surface area contributed by atoms with Crippen molar-refractivity contribution in [2.75, 3.05) is 11.5 Å². The van der Waals surface area contributed by atoms with Gasteiger partial charge in [-0.05, 0) is 11.1 Å². The predicted molar refractivity (Wildman–Crippen MR) is 109 cm³/mol. The minimum absolute atomic E-state index is 0.235. The van der Waals surface area contributed by atoms with Gasteiger partial charge in [0.2, 0.25) is 0 Å². The summed E-state index contributed by atoms with van der Waals surface area (Å²) in [4.78, 5) is 23.1. The van der Waals surface area contributed by atoms with Gasteiger partial charge in [-0.3, -0.25) is 9.59 Å². The summed E-state index contributed by atoms with van der Waals surface area (Å²) < 4.78 is 5.70. The van der Waals surface area contributed by atoms with Gasteiger partial charge in [0.1, 0.15) is 12.1 Å². The normalized spacial score (nSPS) is 13.1. The highest BCUT2D eigenvalue weighted by atomic mass is 33.1. The molecule has 2 atom stereocenters. The maximum absolute atomic E-state index is 12.4. The molecule has 0 saturated carbocycles. The minimum Gasteiger partial charge on any atom is -0.480 e. The lowest BCUT2D eigenvalue weighted by atomic mass is 10.0. The smallest absolute Gasteiger partial charge is 0.324 e. The molecule has 0 saturated heterocycles. The van der Waals surface area contributed by atoms with Gasteiger partial charge < -0.3 is 21.3 Å². The summed E-state index contributed by atoms with van der Waals surface area (Å²) in [6, 6.07) is 17.2. The first-order valence-corrected chi connectivity index (χ1v) is 10.8. The fourth-order valence-corrected chi connectivity index (χ4v) is 4.39. The summed E-state index contributed by atoms with van der Waals surface area (Å²) in [7, 11) is 2.57. The first-order chi connectivity index (χ1) is 13.0. The van der Waals surface area contributed by atoms with Crippen molar-refractivity contribution in [1.82, 2.24) is 0 Å². The second kappa shape index (κ2) is 11.0. The molecule has 0 bridgehead atoms. The highest BCUT2D eigenvalue weighted by Crippen LogP contribution is 2.27. The van der Waals surface area contributed by atoms with Crippen LogP contribution in [0.5, 0.6) is 0 Å². The zero-order chi connectivity index (χ0) is 19.6. The van der Waals surface area contributed by atoms with Crippen LogP contribution in [0.2, 0.25) is 0 Å². The molecule has 0 aliphatic heterocycles. The van der Waals surface area contributed by atoms with Crippen molar-refractivity contribution < 1.29 is 19.4 Å². The Hall–Kier alpha value is -2.00. The molecule has 0 spiro atoms. The van der Waals surface area contributed by atoms with Crippen molar-refractivity contribution >= 4 is 33.5 Å². The van der Waals surface area contributed by atoms with E-state index in [-0.39, 0.29) is 5.75 Å². The number of carboxylic acid groups (broad SMARTS) is 1. The largest absolute Gasteiger partial charge is 0.480 e. The molecule has 0 aliphatic carbocycles. The molecule has 0 radical (unpaired) electrons. The third-order valence-corrected chi connectivity index (χ3v) is 6.11. The Labute approximate surface area is 166 Å². The van der Waals surface area contributed by atoms with Crippen LogP contribution >= 0.6 is 21.6 Å². The van der Waals surface area contributed by atoms with Crippen LogP contribution in [0.15, 0.2) is 60.7 Å². The van der Waals surface area contributed by atoms with Crippen molar-refractivity contribution in [2.45, 2.75) is 18.2 Å². The van der Waals surface area contributed by atoms with Crippen LogP contribution < -0.4 is 11.5 Å². The van der Waals surface area contributed by atoms with Crippen LogP contribution in [0.4, 0.5) is 0 Å². The molecule has 5 N–H and O–H groups in total. The Kier molecular flexibility index (Phi) is 8.66. The average Bonchev–Trinajstić information content (AvgIpc) is 2.70. The van der Waals surface area contributed by atoms with Crippen LogP contribution in [0, 0.1) is 0 Å². The summed E-state index contributed by atoms with van der Waals surface area (Å²) in [5.74, 6) is -1.03. The second-order valence-electron chi connectivity index (χ2n) is 5.76. The van der Waals surface area contributed by atoms with Crippen LogP contribution in [-0.4, -0.2) is 40.6 Å². The quantitative estimate of drug-likeness (QED) is 0.313. The van der Waals surface area contributed by atoms with Gasteiger partial charge in [-0.25, -0.2) is 0 Å². The number of hydrogen-bond acceptors (Lipinski definition) is 7. The van der Waals surface area contributed by atoms with E-state index in [2.05, 4.69) is 0 Å². The van der Waals surface area contributed by atoms with Crippen molar-refractivity contribution in [3.05, 3.63) is 71.8 Å². The Morgan fingerprint density at radius 2 is 1.30 bits per heavy atom. The zero-order valence-electron chi connectivity index (χ0n) is 14.6. The van der Waals surface area contributed by atoms with E-state index in [9.17, 15) is 9.59 Å². The van der Waals surface area contributed by atoms with Gasteiger partial charge in [-0.2, -0.15) is 0 Å². The van der Waals surface area contributed by atoms with Crippen molar-refractivity contribution in [1.29, 1.82) is 0 Å². The standard InChI is InChI=1S/C19H22N2O4S2/c20-15(18(22)23)11-26-27-12-16(21)19(24)25-17(13-7-3-1-4-8-13)14-9-5-2-6-10-14/h1-10,15-17H,11-12,20-21H2,(H,22,23). The predicted octanol–water partition coefficient (Wildman–Crippen LogP) is 2.44. The lowest BCUT2D eigenvalue weighted by molar-refractivity contribution is -0.148. The number of nitrogens with two attached hydrogens (primary N) is 2. The third kappa shape index (κ3) is 6.91. The SMILES string of the molecule is NC(CSSCC(N)C(=O)OC(c1ccccc1)c1ccccc1)C(=O)O.